The van der Waals surface area contributed by atoms with Gasteiger partial charge in [0, 0.05) is 18.7 Å². The Morgan fingerprint density at radius 2 is 1.18 bits per heavy atom. The Balaban J connectivity index is 3.34. The lowest BCUT2D eigenvalue weighted by Crippen LogP contribution is -2.12. The first-order valence-electron chi connectivity index (χ1n) is 14.2. The van der Waals surface area contributed by atoms with Crippen molar-refractivity contribution in [2.24, 2.45) is 10.7 Å². The molecule has 0 heterocycles. The van der Waals surface area contributed by atoms with Gasteiger partial charge in [-0.05, 0) is 25.0 Å². The van der Waals surface area contributed by atoms with Gasteiger partial charge in [0.2, 0.25) is 0 Å². The van der Waals surface area contributed by atoms with Crippen LogP contribution in [0.25, 0.3) is 0 Å². The minimum Gasteiger partial charge on any atom is -0.466 e. The zero-order chi connectivity index (χ0) is 24.2. The molecule has 0 atom stereocenters. The lowest BCUT2D eigenvalue weighted by molar-refractivity contribution is -0.143. The summed E-state index contributed by atoms with van der Waals surface area (Å²) in [7, 11) is 0. The molecule has 33 heavy (non-hydrogen) atoms. The number of carbonyl (C=O) groups excluding carboxylic acids is 1. The predicted octanol–water partition coefficient (Wildman–Crippen LogP) is 8.46. The van der Waals surface area contributed by atoms with E-state index in [2.05, 4.69) is 18.8 Å². The third kappa shape index (κ3) is 27.4. The highest BCUT2D eigenvalue weighted by atomic mass is 32.2. The SMILES string of the molecule is CCCCCCCCCCCCN=C(N)CCCSCCC(=O)OCCCCCCCCC. The Morgan fingerprint density at radius 3 is 1.76 bits per heavy atom. The largest absolute Gasteiger partial charge is 0.466 e. The number of unbranched alkanes of at least 4 members (excludes halogenated alkanes) is 15. The normalized spacial score (nSPS) is 11.8. The highest BCUT2D eigenvalue weighted by Crippen LogP contribution is 2.11. The van der Waals surface area contributed by atoms with Crippen molar-refractivity contribution in [3.8, 4) is 0 Å². The van der Waals surface area contributed by atoms with Gasteiger partial charge in [0.1, 0.15) is 0 Å². The van der Waals surface area contributed by atoms with Gasteiger partial charge in [0.05, 0.1) is 18.9 Å². The topological polar surface area (TPSA) is 64.7 Å². The van der Waals surface area contributed by atoms with Crippen molar-refractivity contribution in [2.45, 2.75) is 142 Å². The van der Waals surface area contributed by atoms with Crippen LogP contribution in [0.15, 0.2) is 4.99 Å². The molecule has 196 valence electrons. The quantitative estimate of drug-likeness (QED) is 0.0578. The lowest BCUT2D eigenvalue weighted by atomic mass is 10.1. The maximum absolute atomic E-state index is 11.8. The summed E-state index contributed by atoms with van der Waals surface area (Å²) in [6.07, 6.45) is 24.6. The van der Waals surface area contributed by atoms with Gasteiger partial charge in [-0.15, -0.1) is 0 Å². The third-order valence-electron chi connectivity index (χ3n) is 6.01. The number of nitrogens with two attached hydrogens (primary N) is 1. The van der Waals surface area contributed by atoms with Crippen LogP contribution in [-0.2, 0) is 9.53 Å². The molecule has 0 fully saturated rings. The molecule has 0 aliphatic rings. The molecular formula is C28H56N2O2S. The first-order valence-corrected chi connectivity index (χ1v) is 15.4. The summed E-state index contributed by atoms with van der Waals surface area (Å²) in [5.41, 5.74) is 6.04. The number of carbonyl (C=O) groups is 1. The molecule has 0 amide bonds. The first kappa shape index (κ1) is 32.3. The van der Waals surface area contributed by atoms with Gasteiger partial charge in [0.25, 0.3) is 0 Å². The molecule has 0 unspecified atom stereocenters. The molecule has 5 heteroatoms. The van der Waals surface area contributed by atoms with E-state index in [1.54, 1.807) is 0 Å². The van der Waals surface area contributed by atoms with E-state index in [4.69, 9.17) is 10.5 Å². The molecule has 0 bridgehead atoms. The van der Waals surface area contributed by atoms with Crippen molar-refractivity contribution in [1.29, 1.82) is 0 Å². The Hall–Kier alpha value is -0.710. The number of nitrogens with zero attached hydrogens (tertiary/aromatic N) is 1. The summed E-state index contributed by atoms with van der Waals surface area (Å²) < 4.78 is 5.33. The zero-order valence-corrected chi connectivity index (χ0v) is 23.0. The molecule has 0 rings (SSSR count). The summed E-state index contributed by atoms with van der Waals surface area (Å²) >= 11 is 1.81. The number of rotatable bonds is 26. The van der Waals surface area contributed by atoms with Gasteiger partial charge in [0.15, 0.2) is 0 Å². The zero-order valence-electron chi connectivity index (χ0n) is 22.2. The minimum absolute atomic E-state index is 0.0500. The number of amidine groups is 1. The predicted molar refractivity (Wildman–Crippen MR) is 148 cm³/mol. The van der Waals surface area contributed by atoms with E-state index in [1.165, 1.54) is 96.3 Å². The third-order valence-corrected chi connectivity index (χ3v) is 7.08. The van der Waals surface area contributed by atoms with Gasteiger partial charge in [-0.3, -0.25) is 9.79 Å². The Labute approximate surface area is 210 Å². The summed E-state index contributed by atoms with van der Waals surface area (Å²) in [6, 6.07) is 0. The fraction of sp³-hybridized carbons (Fsp3) is 0.929. The Bertz CT molecular complexity index is 444. The molecule has 0 aliphatic heterocycles. The molecule has 0 aliphatic carbocycles. The van der Waals surface area contributed by atoms with Crippen LogP contribution < -0.4 is 5.73 Å². The number of ether oxygens (including phenoxy) is 1. The highest BCUT2D eigenvalue weighted by Gasteiger charge is 2.03. The summed E-state index contributed by atoms with van der Waals surface area (Å²) in [6.45, 7) is 5.97. The van der Waals surface area contributed by atoms with Crippen LogP contribution in [0.5, 0.6) is 0 Å². The maximum atomic E-state index is 11.8. The molecule has 0 spiro atoms. The van der Waals surface area contributed by atoms with E-state index in [1.807, 2.05) is 11.8 Å². The van der Waals surface area contributed by atoms with E-state index < -0.39 is 0 Å². The van der Waals surface area contributed by atoms with Crippen LogP contribution in [-0.4, -0.2) is 36.5 Å². The van der Waals surface area contributed by atoms with E-state index in [0.29, 0.717) is 13.0 Å². The van der Waals surface area contributed by atoms with Gasteiger partial charge >= 0.3 is 5.97 Å². The molecule has 0 aromatic rings. The number of hydrogen-bond acceptors (Lipinski definition) is 4. The molecular weight excluding hydrogens is 428 g/mol. The van der Waals surface area contributed by atoms with Crippen LogP contribution in [0.2, 0.25) is 0 Å². The average molecular weight is 485 g/mol. The number of hydrogen-bond donors (Lipinski definition) is 1. The smallest absolute Gasteiger partial charge is 0.306 e. The van der Waals surface area contributed by atoms with Crippen molar-refractivity contribution in [2.75, 3.05) is 24.7 Å². The second-order valence-electron chi connectivity index (χ2n) is 9.36. The molecule has 0 aromatic carbocycles. The van der Waals surface area contributed by atoms with Crippen LogP contribution in [0, 0.1) is 0 Å². The van der Waals surface area contributed by atoms with Gasteiger partial charge in [-0.25, -0.2) is 0 Å². The van der Waals surface area contributed by atoms with Gasteiger partial charge in [-0.1, -0.05) is 110 Å². The molecule has 0 radical (unpaired) electrons. The van der Waals surface area contributed by atoms with E-state index >= 15 is 0 Å². The Kier molecular flexibility index (Phi) is 26.9. The molecule has 0 saturated carbocycles. The standard InChI is InChI=1S/C28H56N2O2S/c1-3-5-7-9-11-12-13-14-16-18-23-30-27(29)21-20-25-33-26-22-28(31)32-24-19-17-15-10-8-6-4-2/h3-26H2,1-2H3,(H2,29,30). The molecule has 4 nitrogen and oxygen atoms in total. The first-order chi connectivity index (χ1) is 16.2. The molecule has 0 aromatic heterocycles. The van der Waals surface area contributed by atoms with Crippen molar-refractivity contribution in [3.63, 3.8) is 0 Å². The van der Waals surface area contributed by atoms with E-state index in [0.717, 1.165) is 49.6 Å². The summed E-state index contributed by atoms with van der Waals surface area (Å²) in [4.78, 5) is 16.3. The van der Waals surface area contributed by atoms with Gasteiger partial charge < -0.3 is 10.5 Å². The van der Waals surface area contributed by atoms with E-state index in [-0.39, 0.29) is 5.97 Å². The van der Waals surface area contributed by atoms with Crippen LogP contribution >= 0.6 is 11.8 Å². The van der Waals surface area contributed by atoms with Crippen molar-refractivity contribution in [3.05, 3.63) is 0 Å². The Morgan fingerprint density at radius 1 is 0.667 bits per heavy atom. The van der Waals surface area contributed by atoms with Gasteiger partial charge in [-0.2, -0.15) is 11.8 Å². The van der Waals surface area contributed by atoms with Crippen molar-refractivity contribution < 1.29 is 9.53 Å². The van der Waals surface area contributed by atoms with Crippen molar-refractivity contribution >= 4 is 23.6 Å². The van der Waals surface area contributed by atoms with Crippen LogP contribution in [0.3, 0.4) is 0 Å². The fourth-order valence-electron chi connectivity index (χ4n) is 3.83. The second kappa shape index (κ2) is 27.5. The van der Waals surface area contributed by atoms with Crippen LogP contribution in [0.1, 0.15) is 142 Å². The highest BCUT2D eigenvalue weighted by molar-refractivity contribution is 7.99. The van der Waals surface area contributed by atoms with Crippen molar-refractivity contribution in [1.82, 2.24) is 0 Å². The monoisotopic (exact) mass is 484 g/mol. The minimum atomic E-state index is -0.0500. The average Bonchev–Trinajstić information content (AvgIpc) is 2.81. The summed E-state index contributed by atoms with van der Waals surface area (Å²) in [5, 5.41) is 0. The van der Waals surface area contributed by atoms with E-state index in [9.17, 15) is 4.79 Å². The summed E-state index contributed by atoms with van der Waals surface area (Å²) in [5.74, 6) is 2.61. The lowest BCUT2D eigenvalue weighted by Gasteiger charge is -2.05. The molecule has 2 N–H and O–H groups in total. The number of thioether (sulfide) groups is 1. The number of aliphatic imine (C=N–C) groups is 1. The molecule has 0 saturated heterocycles. The number of esters is 1. The second-order valence-corrected chi connectivity index (χ2v) is 10.6. The fourth-order valence-corrected chi connectivity index (χ4v) is 4.69. The maximum Gasteiger partial charge on any atom is 0.306 e. The van der Waals surface area contributed by atoms with Crippen LogP contribution in [0.4, 0.5) is 0 Å².